The first-order valence-corrected chi connectivity index (χ1v) is 8.29. The van der Waals surface area contributed by atoms with Gasteiger partial charge in [-0.05, 0) is 57.5 Å². The number of nitrogens with zero attached hydrogens (tertiary/aromatic N) is 2. The summed E-state index contributed by atoms with van der Waals surface area (Å²) in [5.74, 6) is -0.0664. The summed E-state index contributed by atoms with van der Waals surface area (Å²) in [7, 11) is 0. The summed E-state index contributed by atoms with van der Waals surface area (Å²) in [5.41, 5.74) is 2.20. The minimum Gasteiger partial charge on any atom is -0.348 e. The topological polar surface area (TPSA) is 59.0 Å². The van der Waals surface area contributed by atoms with Crippen molar-refractivity contribution in [2.24, 2.45) is 0 Å². The predicted molar refractivity (Wildman–Crippen MR) is 91.3 cm³/mol. The lowest BCUT2D eigenvalue weighted by Gasteiger charge is -2.30. The second-order valence-electron chi connectivity index (χ2n) is 6.01. The van der Waals surface area contributed by atoms with Crippen molar-refractivity contribution < 1.29 is 4.79 Å². The summed E-state index contributed by atoms with van der Waals surface area (Å²) in [6.45, 7) is 4.97. The molecule has 1 aromatic carbocycles. The molecule has 5 nitrogen and oxygen atoms in total. The van der Waals surface area contributed by atoms with E-state index in [9.17, 15) is 4.79 Å². The lowest BCUT2D eigenvalue weighted by atomic mass is 9.99. The van der Waals surface area contributed by atoms with Gasteiger partial charge in [-0.1, -0.05) is 11.6 Å². The summed E-state index contributed by atoms with van der Waals surface area (Å²) in [5, 5.41) is 11.6. The first-order valence-electron chi connectivity index (χ1n) is 7.91. The van der Waals surface area contributed by atoms with Crippen LogP contribution in [0.4, 0.5) is 0 Å². The number of hydrogen-bond acceptors (Lipinski definition) is 3. The van der Waals surface area contributed by atoms with E-state index < -0.39 is 0 Å². The fraction of sp³-hybridized carbons (Fsp3) is 0.412. The zero-order valence-electron chi connectivity index (χ0n) is 13.3. The van der Waals surface area contributed by atoms with Crippen molar-refractivity contribution in [3.05, 3.63) is 46.7 Å². The molecule has 1 aliphatic rings. The number of hydrogen-bond donors (Lipinski definition) is 2. The highest BCUT2D eigenvalue weighted by atomic mass is 35.5. The Morgan fingerprint density at radius 2 is 2.13 bits per heavy atom. The lowest BCUT2D eigenvalue weighted by molar-refractivity contribution is 0.0919. The van der Waals surface area contributed by atoms with Gasteiger partial charge in [-0.15, -0.1) is 0 Å². The van der Waals surface area contributed by atoms with Gasteiger partial charge in [0.1, 0.15) is 0 Å². The van der Waals surface area contributed by atoms with E-state index in [1.807, 2.05) is 31.2 Å². The standard InChI is InChI=1S/C17H21ClN4O/c1-11-15(17(23)20-16-4-3-9-19-12(16)2)10-22(21-11)14-7-5-13(18)6-8-14/h5-8,10,12,16,19H,3-4,9H2,1-2H3,(H,20,23). The normalized spacial score (nSPS) is 21.2. The molecule has 2 aromatic rings. The average Bonchev–Trinajstić information content (AvgIpc) is 2.92. The van der Waals surface area contributed by atoms with Crippen molar-refractivity contribution in [2.45, 2.75) is 38.8 Å². The van der Waals surface area contributed by atoms with Crippen LogP contribution in [0, 0.1) is 6.92 Å². The lowest BCUT2D eigenvalue weighted by Crippen LogP contribution is -2.51. The van der Waals surface area contributed by atoms with E-state index in [0.717, 1.165) is 25.1 Å². The van der Waals surface area contributed by atoms with Crippen LogP contribution in [0.25, 0.3) is 5.69 Å². The van der Waals surface area contributed by atoms with Crippen LogP contribution < -0.4 is 10.6 Å². The summed E-state index contributed by atoms with van der Waals surface area (Å²) >= 11 is 5.91. The van der Waals surface area contributed by atoms with Crippen molar-refractivity contribution in [1.29, 1.82) is 0 Å². The Labute approximate surface area is 141 Å². The highest BCUT2D eigenvalue weighted by molar-refractivity contribution is 6.30. The third kappa shape index (κ3) is 3.57. The first kappa shape index (κ1) is 16.0. The number of aromatic nitrogens is 2. The van der Waals surface area contributed by atoms with Crippen LogP contribution in [-0.4, -0.2) is 34.3 Å². The minimum atomic E-state index is -0.0664. The zero-order valence-corrected chi connectivity index (χ0v) is 14.1. The van der Waals surface area contributed by atoms with Crippen LogP contribution in [0.5, 0.6) is 0 Å². The smallest absolute Gasteiger partial charge is 0.255 e. The number of rotatable bonds is 3. The molecule has 122 valence electrons. The molecule has 1 aliphatic heterocycles. The quantitative estimate of drug-likeness (QED) is 0.908. The molecule has 1 aromatic heterocycles. The molecule has 0 saturated carbocycles. The van der Waals surface area contributed by atoms with Gasteiger partial charge in [0.2, 0.25) is 0 Å². The number of aryl methyl sites for hydroxylation is 1. The van der Waals surface area contributed by atoms with Crippen LogP contribution >= 0.6 is 11.6 Å². The second kappa shape index (κ2) is 6.72. The molecule has 0 bridgehead atoms. The Morgan fingerprint density at radius 3 is 2.83 bits per heavy atom. The van der Waals surface area contributed by atoms with Gasteiger partial charge in [0.15, 0.2) is 0 Å². The number of benzene rings is 1. The molecule has 2 heterocycles. The fourth-order valence-electron chi connectivity index (χ4n) is 2.90. The van der Waals surface area contributed by atoms with Crippen LogP contribution in [0.1, 0.15) is 35.8 Å². The van der Waals surface area contributed by atoms with Gasteiger partial charge in [-0.25, -0.2) is 4.68 Å². The van der Waals surface area contributed by atoms with Gasteiger partial charge >= 0.3 is 0 Å². The van der Waals surface area contributed by atoms with Crippen LogP contribution in [-0.2, 0) is 0 Å². The Balaban J connectivity index is 1.77. The minimum absolute atomic E-state index is 0.0664. The molecule has 3 rings (SSSR count). The molecule has 0 aliphatic carbocycles. The van der Waals surface area contributed by atoms with Gasteiger partial charge in [0, 0.05) is 23.3 Å². The molecule has 23 heavy (non-hydrogen) atoms. The number of carbonyl (C=O) groups excluding carboxylic acids is 1. The molecule has 2 unspecified atom stereocenters. The first-order chi connectivity index (χ1) is 11.0. The van der Waals surface area contributed by atoms with E-state index in [-0.39, 0.29) is 11.9 Å². The summed E-state index contributed by atoms with van der Waals surface area (Å²) in [6.07, 6.45) is 3.86. The van der Waals surface area contributed by atoms with Crippen molar-refractivity contribution in [3.63, 3.8) is 0 Å². The Hall–Kier alpha value is -1.85. The number of amides is 1. The number of carbonyl (C=O) groups is 1. The molecular weight excluding hydrogens is 312 g/mol. The zero-order chi connectivity index (χ0) is 16.4. The number of piperidine rings is 1. The van der Waals surface area contributed by atoms with E-state index in [2.05, 4.69) is 22.7 Å². The number of nitrogens with one attached hydrogen (secondary N) is 2. The van der Waals surface area contributed by atoms with E-state index in [1.165, 1.54) is 0 Å². The fourth-order valence-corrected chi connectivity index (χ4v) is 3.02. The van der Waals surface area contributed by atoms with Crippen molar-refractivity contribution in [1.82, 2.24) is 20.4 Å². The maximum absolute atomic E-state index is 12.6. The largest absolute Gasteiger partial charge is 0.348 e. The molecule has 1 amide bonds. The molecule has 2 N–H and O–H groups in total. The monoisotopic (exact) mass is 332 g/mol. The third-order valence-electron chi connectivity index (χ3n) is 4.31. The van der Waals surface area contributed by atoms with Crippen molar-refractivity contribution >= 4 is 17.5 Å². The summed E-state index contributed by atoms with van der Waals surface area (Å²) in [6, 6.07) is 7.83. The molecular formula is C17H21ClN4O. The van der Waals surface area contributed by atoms with Crippen molar-refractivity contribution in [3.8, 4) is 5.69 Å². The Bertz CT molecular complexity index is 695. The van der Waals surface area contributed by atoms with E-state index in [0.29, 0.717) is 22.3 Å². The second-order valence-corrected chi connectivity index (χ2v) is 6.45. The summed E-state index contributed by atoms with van der Waals surface area (Å²) < 4.78 is 1.71. The van der Waals surface area contributed by atoms with Crippen LogP contribution in [0.2, 0.25) is 5.02 Å². The van der Waals surface area contributed by atoms with Gasteiger partial charge in [0.05, 0.1) is 16.9 Å². The van der Waals surface area contributed by atoms with E-state index in [1.54, 1.807) is 10.9 Å². The molecule has 1 saturated heterocycles. The molecule has 6 heteroatoms. The van der Waals surface area contributed by atoms with Gasteiger partial charge in [0.25, 0.3) is 5.91 Å². The molecule has 1 fully saturated rings. The maximum atomic E-state index is 12.6. The predicted octanol–water partition coefficient (Wildman–Crippen LogP) is 2.70. The molecule has 0 radical (unpaired) electrons. The van der Waals surface area contributed by atoms with E-state index >= 15 is 0 Å². The van der Waals surface area contributed by atoms with Gasteiger partial charge in [-0.3, -0.25) is 4.79 Å². The van der Waals surface area contributed by atoms with Crippen LogP contribution in [0.15, 0.2) is 30.5 Å². The van der Waals surface area contributed by atoms with Crippen molar-refractivity contribution in [2.75, 3.05) is 6.54 Å². The van der Waals surface area contributed by atoms with E-state index in [4.69, 9.17) is 11.6 Å². The SMILES string of the molecule is Cc1nn(-c2ccc(Cl)cc2)cc1C(=O)NC1CCCNC1C. The third-order valence-corrected chi connectivity index (χ3v) is 4.56. The highest BCUT2D eigenvalue weighted by Crippen LogP contribution is 2.16. The highest BCUT2D eigenvalue weighted by Gasteiger charge is 2.24. The van der Waals surface area contributed by atoms with Crippen LogP contribution in [0.3, 0.4) is 0 Å². The Morgan fingerprint density at radius 1 is 1.39 bits per heavy atom. The summed E-state index contributed by atoms with van der Waals surface area (Å²) in [4.78, 5) is 12.6. The molecule has 2 atom stereocenters. The Kier molecular flexibility index (Phi) is 4.68. The molecule has 0 spiro atoms. The van der Waals surface area contributed by atoms with Gasteiger partial charge in [-0.2, -0.15) is 5.10 Å². The average molecular weight is 333 g/mol. The van der Waals surface area contributed by atoms with Gasteiger partial charge < -0.3 is 10.6 Å². The maximum Gasteiger partial charge on any atom is 0.255 e. The number of halogens is 1.